The van der Waals surface area contributed by atoms with Crippen molar-refractivity contribution in [3.63, 3.8) is 0 Å². The van der Waals surface area contributed by atoms with Gasteiger partial charge in [0.2, 0.25) is 5.95 Å². The van der Waals surface area contributed by atoms with E-state index >= 15 is 0 Å². The van der Waals surface area contributed by atoms with Gasteiger partial charge < -0.3 is 19.9 Å². The first-order chi connectivity index (χ1) is 15.1. The monoisotopic (exact) mass is 419 g/mol. The highest BCUT2D eigenvalue weighted by atomic mass is 16.5. The molecule has 0 amide bonds. The number of hydrogen-bond donors (Lipinski definition) is 1. The second-order valence-electron chi connectivity index (χ2n) is 8.40. The van der Waals surface area contributed by atoms with Crippen molar-refractivity contribution in [3.05, 3.63) is 48.0 Å². The molecule has 0 spiro atoms. The molecule has 6 nitrogen and oxygen atoms in total. The lowest BCUT2D eigenvalue weighted by molar-refractivity contribution is 0.397. The molecule has 0 radical (unpaired) electrons. The number of ether oxygens (including phenoxy) is 1. The Hall–Kier alpha value is -3.02. The van der Waals surface area contributed by atoms with Crippen molar-refractivity contribution in [2.45, 2.75) is 32.1 Å². The molecule has 2 heterocycles. The van der Waals surface area contributed by atoms with E-state index in [0.717, 1.165) is 73.0 Å². The highest BCUT2D eigenvalue weighted by molar-refractivity contribution is 5.93. The number of nitrogens with one attached hydrogen (secondary N) is 1. The van der Waals surface area contributed by atoms with E-state index in [2.05, 4.69) is 53.5 Å². The number of benzene rings is 2. The molecule has 1 aliphatic heterocycles. The summed E-state index contributed by atoms with van der Waals surface area (Å²) in [5, 5.41) is 4.61. The number of rotatable bonds is 7. The van der Waals surface area contributed by atoms with E-state index < -0.39 is 0 Å². The molecule has 0 unspecified atom stereocenters. The standard InChI is InChI=1S/C25H33N5O/c1-5-14-26-19-10-11-22-21(17-19)24(28-25(27-22)29(2)3)30-15-12-18(13-16-30)20-8-6-7-9-23(20)31-4/h6-11,17-18,26H,5,12-16H2,1-4H3. The predicted octanol–water partition coefficient (Wildman–Crippen LogP) is 4.91. The summed E-state index contributed by atoms with van der Waals surface area (Å²) in [5.41, 5.74) is 3.43. The van der Waals surface area contributed by atoms with E-state index in [1.807, 2.05) is 25.1 Å². The quantitative estimate of drug-likeness (QED) is 0.587. The van der Waals surface area contributed by atoms with Crippen molar-refractivity contribution in [3.8, 4) is 5.75 Å². The summed E-state index contributed by atoms with van der Waals surface area (Å²) in [6.07, 6.45) is 3.26. The Morgan fingerprint density at radius 2 is 1.87 bits per heavy atom. The van der Waals surface area contributed by atoms with Crippen LogP contribution < -0.4 is 19.9 Å². The van der Waals surface area contributed by atoms with Gasteiger partial charge in [-0.1, -0.05) is 25.1 Å². The van der Waals surface area contributed by atoms with Crippen molar-refractivity contribution in [2.24, 2.45) is 0 Å². The number of methoxy groups -OCH3 is 1. The fraction of sp³-hybridized carbons (Fsp3) is 0.440. The van der Waals surface area contributed by atoms with Crippen LogP contribution in [-0.4, -0.2) is 50.8 Å². The molecule has 4 rings (SSSR count). The maximum absolute atomic E-state index is 5.61. The average Bonchev–Trinajstić information content (AvgIpc) is 2.82. The zero-order valence-electron chi connectivity index (χ0n) is 19.1. The minimum atomic E-state index is 0.510. The van der Waals surface area contributed by atoms with Gasteiger partial charge in [0.15, 0.2) is 0 Å². The van der Waals surface area contributed by atoms with E-state index in [-0.39, 0.29) is 0 Å². The van der Waals surface area contributed by atoms with Gasteiger partial charge in [0.25, 0.3) is 0 Å². The fourth-order valence-electron chi connectivity index (χ4n) is 4.33. The van der Waals surface area contributed by atoms with Gasteiger partial charge in [-0.05, 0) is 55.0 Å². The summed E-state index contributed by atoms with van der Waals surface area (Å²) in [6, 6.07) is 14.8. The molecule has 31 heavy (non-hydrogen) atoms. The van der Waals surface area contributed by atoms with Gasteiger partial charge in [-0.3, -0.25) is 0 Å². The first-order valence-corrected chi connectivity index (χ1v) is 11.2. The smallest absolute Gasteiger partial charge is 0.227 e. The van der Waals surface area contributed by atoms with Crippen LogP contribution in [0, 0.1) is 0 Å². The summed E-state index contributed by atoms with van der Waals surface area (Å²) in [4.78, 5) is 14.1. The SMILES string of the molecule is CCCNc1ccc2nc(N(C)C)nc(N3CCC(c4ccccc4OC)CC3)c2c1. The van der Waals surface area contributed by atoms with Crippen molar-refractivity contribution >= 4 is 28.4 Å². The lowest BCUT2D eigenvalue weighted by atomic mass is 9.88. The van der Waals surface area contributed by atoms with Crippen molar-refractivity contribution in [1.82, 2.24) is 9.97 Å². The van der Waals surface area contributed by atoms with Gasteiger partial charge in [0, 0.05) is 44.8 Å². The molecule has 1 aromatic heterocycles. The highest BCUT2D eigenvalue weighted by Crippen LogP contribution is 2.37. The van der Waals surface area contributed by atoms with Gasteiger partial charge in [-0.15, -0.1) is 0 Å². The van der Waals surface area contributed by atoms with Crippen LogP contribution in [0.15, 0.2) is 42.5 Å². The van der Waals surface area contributed by atoms with E-state index in [1.165, 1.54) is 5.56 Å². The number of anilines is 3. The highest BCUT2D eigenvalue weighted by Gasteiger charge is 2.25. The van der Waals surface area contributed by atoms with Crippen molar-refractivity contribution in [1.29, 1.82) is 0 Å². The predicted molar refractivity (Wildman–Crippen MR) is 130 cm³/mol. The second kappa shape index (κ2) is 9.41. The molecule has 0 saturated carbocycles. The Morgan fingerprint density at radius 3 is 2.58 bits per heavy atom. The van der Waals surface area contributed by atoms with Crippen LogP contribution in [-0.2, 0) is 0 Å². The van der Waals surface area contributed by atoms with E-state index in [9.17, 15) is 0 Å². The third-order valence-corrected chi connectivity index (χ3v) is 6.02. The summed E-state index contributed by atoms with van der Waals surface area (Å²) in [5.74, 6) is 3.29. The number of hydrogen-bond acceptors (Lipinski definition) is 6. The third-order valence-electron chi connectivity index (χ3n) is 6.02. The number of piperidine rings is 1. The average molecular weight is 420 g/mol. The van der Waals surface area contributed by atoms with Gasteiger partial charge in [0.1, 0.15) is 11.6 Å². The molecule has 1 N–H and O–H groups in total. The van der Waals surface area contributed by atoms with Crippen LogP contribution in [0.4, 0.5) is 17.5 Å². The van der Waals surface area contributed by atoms with Crippen LogP contribution in [0.1, 0.15) is 37.7 Å². The maximum Gasteiger partial charge on any atom is 0.227 e. The second-order valence-corrected chi connectivity index (χ2v) is 8.40. The van der Waals surface area contributed by atoms with E-state index in [0.29, 0.717) is 5.92 Å². The molecule has 2 aromatic carbocycles. The van der Waals surface area contributed by atoms with Gasteiger partial charge in [0.05, 0.1) is 12.6 Å². The third kappa shape index (κ3) is 4.53. The maximum atomic E-state index is 5.61. The van der Waals surface area contributed by atoms with Gasteiger partial charge in [-0.2, -0.15) is 4.98 Å². The van der Waals surface area contributed by atoms with Crippen LogP contribution in [0.5, 0.6) is 5.75 Å². The molecule has 1 fully saturated rings. The summed E-state index contributed by atoms with van der Waals surface area (Å²) < 4.78 is 5.61. The number of nitrogens with zero attached hydrogens (tertiary/aromatic N) is 4. The summed E-state index contributed by atoms with van der Waals surface area (Å²) in [7, 11) is 5.75. The molecule has 3 aromatic rings. The molecule has 0 atom stereocenters. The Morgan fingerprint density at radius 1 is 1.10 bits per heavy atom. The minimum absolute atomic E-state index is 0.510. The number of fused-ring (bicyclic) bond motifs is 1. The largest absolute Gasteiger partial charge is 0.496 e. The first-order valence-electron chi connectivity index (χ1n) is 11.2. The van der Waals surface area contributed by atoms with Crippen molar-refractivity contribution < 1.29 is 4.74 Å². The zero-order valence-corrected chi connectivity index (χ0v) is 19.1. The lowest BCUT2D eigenvalue weighted by Crippen LogP contribution is -2.34. The van der Waals surface area contributed by atoms with Crippen LogP contribution in [0.25, 0.3) is 10.9 Å². The Kier molecular flexibility index (Phi) is 6.44. The normalized spacial score (nSPS) is 14.6. The molecular weight excluding hydrogens is 386 g/mol. The Labute approximate surface area is 185 Å². The van der Waals surface area contributed by atoms with E-state index in [4.69, 9.17) is 14.7 Å². The van der Waals surface area contributed by atoms with Crippen molar-refractivity contribution in [2.75, 3.05) is 56.0 Å². The van der Waals surface area contributed by atoms with E-state index in [1.54, 1.807) is 7.11 Å². The molecule has 1 aliphatic rings. The Bertz CT molecular complexity index is 1030. The summed E-state index contributed by atoms with van der Waals surface area (Å²) in [6.45, 7) is 5.07. The number of aromatic nitrogens is 2. The molecule has 1 saturated heterocycles. The summed E-state index contributed by atoms with van der Waals surface area (Å²) >= 11 is 0. The molecule has 6 heteroatoms. The molecule has 164 valence electrons. The lowest BCUT2D eigenvalue weighted by Gasteiger charge is -2.34. The molecule has 0 aliphatic carbocycles. The van der Waals surface area contributed by atoms with Gasteiger partial charge >= 0.3 is 0 Å². The zero-order chi connectivity index (χ0) is 21.8. The topological polar surface area (TPSA) is 53.5 Å². The number of para-hydroxylation sites is 1. The molecular formula is C25H33N5O. The van der Waals surface area contributed by atoms with Gasteiger partial charge in [-0.25, -0.2) is 4.98 Å². The van der Waals surface area contributed by atoms with Crippen LogP contribution in [0.3, 0.4) is 0 Å². The van der Waals surface area contributed by atoms with Crippen LogP contribution in [0.2, 0.25) is 0 Å². The van der Waals surface area contributed by atoms with Crippen LogP contribution >= 0.6 is 0 Å². The fourth-order valence-corrected chi connectivity index (χ4v) is 4.33. The Balaban J connectivity index is 1.63. The first kappa shape index (κ1) is 21.2. The minimum Gasteiger partial charge on any atom is -0.496 e. The molecule has 0 bridgehead atoms.